The molecule has 30 heavy (non-hydrogen) atoms. The number of carbonyl (C=O) groups excluding carboxylic acids is 1. The first-order valence-electron chi connectivity index (χ1n) is 10.1. The van der Waals surface area contributed by atoms with Crippen LogP contribution >= 0.6 is 0 Å². The Hall–Kier alpha value is -3.32. The molecule has 1 fully saturated rings. The van der Waals surface area contributed by atoms with Crippen molar-refractivity contribution < 1.29 is 14.3 Å². The van der Waals surface area contributed by atoms with Crippen molar-refractivity contribution in [3.63, 3.8) is 0 Å². The van der Waals surface area contributed by atoms with E-state index in [9.17, 15) is 4.79 Å². The van der Waals surface area contributed by atoms with Gasteiger partial charge in [-0.25, -0.2) is 0 Å². The fraction of sp³-hybridized carbons (Fsp3) is 0.304. The van der Waals surface area contributed by atoms with E-state index < -0.39 is 0 Å². The second-order valence-corrected chi connectivity index (χ2v) is 7.18. The quantitative estimate of drug-likeness (QED) is 0.653. The Morgan fingerprint density at radius 2 is 1.73 bits per heavy atom. The Balaban J connectivity index is 1.31. The van der Waals surface area contributed by atoms with Gasteiger partial charge in [-0.05, 0) is 36.4 Å². The largest absolute Gasteiger partial charge is 0.497 e. The van der Waals surface area contributed by atoms with Crippen LogP contribution in [0.25, 0.3) is 11.3 Å². The van der Waals surface area contributed by atoms with E-state index >= 15 is 0 Å². The van der Waals surface area contributed by atoms with Crippen LogP contribution in [0.15, 0.2) is 60.8 Å². The van der Waals surface area contributed by atoms with E-state index in [0.29, 0.717) is 25.3 Å². The van der Waals surface area contributed by atoms with Crippen LogP contribution in [0.2, 0.25) is 0 Å². The number of H-pyrrole nitrogens is 1. The third-order valence-corrected chi connectivity index (χ3v) is 5.33. The van der Waals surface area contributed by atoms with Gasteiger partial charge in [-0.3, -0.25) is 14.8 Å². The van der Waals surface area contributed by atoms with Crippen LogP contribution in [0.5, 0.6) is 11.5 Å². The van der Waals surface area contributed by atoms with Crippen LogP contribution in [0.1, 0.15) is 10.4 Å². The number of methoxy groups -OCH3 is 1. The van der Waals surface area contributed by atoms with E-state index in [-0.39, 0.29) is 5.91 Å². The first-order valence-corrected chi connectivity index (χ1v) is 10.1. The molecular weight excluding hydrogens is 380 g/mol. The predicted molar refractivity (Wildman–Crippen MR) is 115 cm³/mol. The molecule has 1 amide bonds. The summed E-state index contributed by atoms with van der Waals surface area (Å²) in [6, 6.07) is 17.4. The molecule has 2 aromatic carbocycles. The lowest BCUT2D eigenvalue weighted by atomic mass is 10.1. The highest BCUT2D eigenvalue weighted by Gasteiger charge is 2.25. The minimum atomic E-state index is 0.00903. The zero-order valence-electron chi connectivity index (χ0n) is 17.1. The zero-order chi connectivity index (χ0) is 20.8. The molecule has 0 saturated carbocycles. The number of nitrogens with one attached hydrogen (secondary N) is 1. The highest BCUT2D eigenvalue weighted by atomic mass is 16.5. The first kappa shape index (κ1) is 20.0. The summed E-state index contributed by atoms with van der Waals surface area (Å²) in [6.07, 6.45) is 1.61. The van der Waals surface area contributed by atoms with Gasteiger partial charge in [-0.1, -0.05) is 18.2 Å². The topological polar surface area (TPSA) is 70.7 Å². The van der Waals surface area contributed by atoms with Gasteiger partial charge < -0.3 is 14.4 Å². The molecular formula is C23H26N4O3. The Bertz CT molecular complexity index is 948. The van der Waals surface area contributed by atoms with E-state index in [0.717, 1.165) is 42.4 Å². The normalized spacial score (nSPS) is 14.5. The van der Waals surface area contributed by atoms with Gasteiger partial charge in [0.1, 0.15) is 18.1 Å². The van der Waals surface area contributed by atoms with Crippen molar-refractivity contribution in [2.45, 2.75) is 0 Å². The smallest absolute Gasteiger partial charge is 0.257 e. The number of aromatic amines is 1. The van der Waals surface area contributed by atoms with Gasteiger partial charge in [0.25, 0.3) is 5.91 Å². The van der Waals surface area contributed by atoms with Crippen molar-refractivity contribution in [1.29, 1.82) is 0 Å². The lowest BCUT2D eigenvalue weighted by molar-refractivity contribution is 0.0621. The lowest BCUT2D eigenvalue weighted by Crippen LogP contribution is -2.49. The molecule has 1 aliphatic heterocycles. The molecule has 0 bridgehead atoms. The molecule has 0 radical (unpaired) electrons. The summed E-state index contributed by atoms with van der Waals surface area (Å²) < 4.78 is 11.0. The van der Waals surface area contributed by atoms with Crippen LogP contribution < -0.4 is 9.47 Å². The van der Waals surface area contributed by atoms with Crippen molar-refractivity contribution in [1.82, 2.24) is 20.0 Å². The molecule has 0 atom stereocenters. The molecule has 0 aliphatic carbocycles. The number of carbonyl (C=O) groups is 1. The maximum atomic E-state index is 13.1. The Morgan fingerprint density at radius 3 is 2.43 bits per heavy atom. The minimum Gasteiger partial charge on any atom is -0.497 e. The van der Waals surface area contributed by atoms with Crippen molar-refractivity contribution in [2.75, 3.05) is 46.4 Å². The van der Waals surface area contributed by atoms with Gasteiger partial charge in [0, 0.05) is 38.3 Å². The van der Waals surface area contributed by atoms with Crippen LogP contribution in [-0.2, 0) is 0 Å². The van der Waals surface area contributed by atoms with Gasteiger partial charge in [0.05, 0.1) is 24.6 Å². The lowest BCUT2D eigenvalue weighted by Gasteiger charge is -2.34. The number of nitrogens with zero attached hydrogens (tertiary/aromatic N) is 3. The number of aromatic nitrogens is 2. The van der Waals surface area contributed by atoms with Gasteiger partial charge in [0.15, 0.2) is 0 Å². The third-order valence-electron chi connectivity index (χ3n) is 5.33. The number of ether oxygens (including phenoxy) is 2. The third kappa shape index (κ3) is 4.63. The van der Waals surface area contributed by atoms with E-state index in [1.54, 1.807) is 13.3 Å². The van der Waals surface area contributed by atoms with Crippen molar-refractivity contribution in [3.05, 3.63) is 66.4 Å². The van der Waals surface area contributed by atoms with E-state index in [4.69, 9.17) is 9.47 Å². The average Bonchev–Trinajstić information content (AvgIpc) is 3.30. The molecule has 2 heterocycles. The second kappa shape index (κ2) is 9.45. The Labute approximate surface area is 176 Å². The van der Waals surface area contributed by atoms with E-state index in [1.165, 1.54) is 0 Å². The number of benzene rings is 2. The molecule has 7 nitrogen and oxygen atoms in total. The van der Waals surface area contributed by atoms with E-state index in [1.807, 2.05) is 59.5 Å². The number of piperazine rings is 1. The minimum absolute atomic E-state index is 0.00903. The summed E-state index contributed by atoms with van der Waals surface area (Å²) in [7, 11) is 1.63. The highest BCUT2D eigenvalue weighted by Crippen LogP contribution is 2.25. The van der Waals surface area contributed by atoms with Crippen LogP contribution in [-0.4, -0.2) is 72.3 Å². The average molecular weight is 406 g/mol. The van der Waals surface area contributed by atoms with Crippen molar-refractivity contribution in [2.24, 2.45) is 0 Å². The van der Waals surface area contributed by atoms with Crippen molar-refractivity contribution >= 4 is 5.91 Å². The number of para-hydroxylation sites is 1. The molecule has 1 aromatic heterocycles. The van der Waals surface area contributed by atoms with Gasteiger partial charge in [-0.15, -0.1) is 0 Å². The van der Waals surface area contributed by atoms with Crippen molar-refractivity contribution in [3.8, 4) is 22.8 Å². The molecule has 0 unspecified atom stereocenters. The zero-order valence-corrected chi connectivity index (χ0v) is 17.1. The molecule has 1 N–H and O–H groups in total. The SMILES string of the molecule is COc1ccc(-c2[nH]ncc2C(=O)N2CCN(CCOc3ccccc3)CC2)cc1. The van der Waals surface area contributed by atoms with E-state index in [2.05, 4.69) is 15.1 Å². The Kier molecular flexibility index (Phi) is 6.29. The molecule has 4 rings (SSSR count). The summed E-state index contributed by atoms with van der Waals surface area (Å²) in [4.78, 5) is 17.3. The van der Waals surface area contributed by atoms with Crippen LogP contribution in [0, 0.1) is 0 Å². The highest BCUT2D eigenvalue weighted by molar-refractivity contribution is 5.99. The van der Waals surface area contributed by atoms with Crippen LogP contribution in [0.3, 0.4) is 0 Å². The molecule has 0 spiro atoms. The molecule has 156 valence electrons. The molecule has 7 heteroatoms. The maximum Gasteiger partial charge on any atom is 0.257 e. The fourth-order valence-electron chi connectivity index (χ4n) is 3.58. The summed E-state index contributed by atoms with van der Waals surface area (Å²) in [5.74, 6) is 1.67. The molecule has 1 saturated heterocycles. The number of amides is 1. The summed E-state index contributed by atoms with van der Waals surface area (Å²) >= 11 is 0. The molecule has 1 aliphatic rings. The fourth-order valence-corrected chi connectivity index (χ4v) is 3.58. The summed E-state index contributed by atoms with van der Waals surface area (Å²) in [5, 5.41) is 7.08. The number of hydrogen-bond acceptors (Lipinski definition) is 5. The first-order chi connectivity index (χ1) is 14.7. The summed E-state index contributed by atoms with van der Waals surface area (Å²) in [5.41, 5.74) is 2.25. The number of hydrogen-bond donors (Lipinski definition) is 1. The predicted octanol–water partition coefficient (Wildman–Crippen LogP) is 2.92. The summed E-state index contributed by atoms with van der Waals surface area (Å²) in [6.45, 7) is 4.54. The van der Waals surface area contributed by atoms with Gasteiger partial charge in [0.2, 0.25) is 0 Å². The second-order valence-electron chi connectivity index (χ2n) is 7.18. The maximum absolute atomic E-state index is 13.1. The van der Waals surface area contributed by atoms with Crippen LogP contribution in [0.4, 0.5) is 0 Å². The van der Waals surface area contributed by atoms with Gasteiger partial charge in [-0.2, -0.15) is 5.10 Å². The van der Waals surface area contributed by atoms with Gasteiger partial charge >= 0.3 is 0 Å². The Morgan fingerprint density at radius 1 is 1.00 bits per heavy atom. The monoisotopic (exact) mass is 406 g/mol. The molecule has 3 aromatic rings. The standard InChI is InChI=1S/C23H26N4O3/c1-29-19-9-7-18(8-10-19)22-21(17-24-25-22)23(28)27-13-11-26(12-14-27)15-16-30-20-5-3-2-4-6-20/h2-10,17H,11-16H2,1H3,(H,24,25). The number of rotatable bonds is 7.